The second kappa shape index (κ2) is 5.68. The third-order valence-electron chi connectivity index (χ3n) is 4.82. The fraction of sp³-hybridized carbons (Fsp3) is 1.00. The molecule has 3 heteroatoms. The molecule has 0 bridgehead atoms. The first-order valence-corrected chi connectivity index (χ1v) is 7.17. The maximum Gasteiger partial charge on any atom is 0.0702 e. The van der Waals surface area contributed by atoms with Gasteiger partial charge < -0.3 is 10.5 Å². The average molecular weight is 240 g/mol. The van der Waals surface area contributed by atoms with Crippen molar-refractivity contribution in [1.82, 2.24) is 4.90 Å². The minimum absolute atomic E-state index is 0.164. The Labute approximate surface area is 106 Å². The van der Waals surface area contributed by atoms with E-state index < -0.39 is 0 Å². The molecule has 2 atom stereocenters. The van der Waals surface area contributed by atoms with E-state index in [1.54, 1.807) is 0 Å². The number of ether oxygens (including phenoxy) is 1. The number of nitrogens with zero attached hydrogens (tertiary/aromatic N) is 1. The van der Waals surface area contributed by atoms with Crippen molar-refractivity contribution in [2.24, 2.45) is 11.7 Å². The van der Waals surface area contributed by atoms with Crippen molar-refractivity contribution in [1.29, 1.82) is 0 Å². The summed E-state index contributed by atoms with van der Waals surface area (Å²) in [6, 6.07) is 0. The van der Waals surface area contributed by atoms with Gasteiger partial charge in [0.25, 0.3) is 0 Å². The van der Waals surface area contributed by atoms with Crippen LogP contribution in [-0.2, 0) is 4.74 Å². The Balaban J connectivity index is 1.85. The molecule has 2 unspecified atom stereocenters. The minimum Gasteiger partial charge on any atom is -0.377 e. The molecule has 0 aromatic heterocycles. The number of likely N-dealkylation sites (N-methyl/N-ethyl adjacent to an activating group) is 1. The molecule has 0 radical (unpaired) electrons. The van der Waals surface area contributed by atoms with Crippen LogP contribution in [0.5, 0.6) is 0 Å². The summed E-state index contributed by atoms with van der Waals surface area (Å²) in [5.74, 6) is 0.912. The molecular weight excluding hydrogens is 212 g/mol. The molecule has 2 N–H and O–H groups in total. The highest BCUT2D eigenvalue weighted by Crippen LogP contribution is 2.35. The van der Waals surface area contributed by atoms with Crippen molar-refractivity contribution in [3.05, 3.63) is 0 Å². The Morgan fingerprint density at radius 3 is 2.53 bits per heavy atom. The van der Waals surface area contributed by atoms with Crippen molar-refractivity contribution < 1.29 is 4.74 Å². The zero-order valence-corrected chi connectivity index (χ0v) is 11.5. The summed E-state index contributed by atoms with van der Waals surface area (Å²) in [6.45, 7) is 5.06. The molecule has 1 saturated carbocycles. The first-order valence-electron chi connectivity index (χ1n) is 7.17. The molecule has 3 nitrogen and oxygen atoms in total. The van der Waals surface area contributed by atoms with E-state index in [9.17, 15) is 0 Å². The third-order valence-corrected chi connectivity index (χ3v) is 4.82. The number of nitrogens with two attached hydrogens (primary N) is 1. The van der Waals surface area contributed by atoms with Crippen LogP contribution >= 0.6 is 0 Å². The largest absolute Gasteiger partial charge is 0.377 e. The second-order valence-corrected chi connectivity index (χ2v) is 6.22. The summed E-state index contributed by atoms with van der Waals surface area (Å²) in [6.07, 6.45) is 8.36. The lowest BCUT2D eigenvalue weighted by atomic mass is 9.76. The Bertz CT molecular complexity index is 236. The van der Waals surface area contributed by atoms with E-state index in [1.165, 1.54) is 38.5 Å². The predicted octanol–water partition coefficient (Wildman–Crippen LogP) is 2.00. The molecule has 1 aliphatic carbocycles. The van der Waals surface area contributed by atoms with Crippen LogP contribution in [0.4, 0.5) is 0 Å². The molecule has 1 aliphatic heterocycles. The Morgan fingerprint density at radius 2 is 2.06 bits per heavy atom. The Morgan fingerprint density at radius 1 is 1.29 bits per heavy atom. The molecule has 2 aliphatic rings. The van der Waals surface area contributed by atoms with Crippen LogP contribution in [0.3, 0.4) is 0 Å². The van der Waals surface area contributed by atoms with Gasteiger partial charge in [0.1, 0.15) is 0 Å². The van der Waals surface area contributed by atoms with Gasteiger partial charge >= 0.3 is 0 Å². The standard InChI is InChI=1S/C14H28N2O/c1-14(11-15,9-12-5-3-6-12)16(2)10-13-7-4-8-17-13/h12-13H,3-11,15H2,1-2H3. The molecule has 0 aromatic rings. The van der Waals surface area contributed by atoms with E-state index in [-0.39, 0.29) is 5.54 Å². The summed E-state index contributed by atoms with van der Waals surface area (Å²) >= 11 is 0. The van der Waals surface area contributed by atoms with Crippen LogP contribution in [0.1, 0.15) is 45.4 Å². The van der Waals surface area contributed by atoms with Gasteiger partial charge in [-0.05, 0) is 39.2 Å². The summed E-state index contributed by atoms with van der Waals surface area (Å²) in [4.78, 5) is 2.45. The highest BCUT2D eigenvalue weighted by atomic mass is 16.5. The van der Waals surface area contributed by atoms with Gasteiger partial charge in [0, 0.05) is 25.2 Å². The van der Waals surface area contributed by atoms with Gasteiger partial charge in [-0.3, -0.25) is 4.90 Å². The van der Waals surface area contributed by atoms with Gasteiger partial charge in [0.05, 0.1) is 6.10 Å². The summed E-state index contributed by atoms with van der Waals surface area (Å²) in [5.41, 5.74) is 6.19. The van der Waals surface area contributed by atoms with E-state index in [0.29, 0.717) is 6.10 Å². The van der Waals surface area contributed by atoms with Crippen molar-refractivity contribution in [2.75, 3.05) is 26.7 Å². The maximum atomic E-state index is 6.03. The van der Waals surface area contributed by atoms with Gasteiger partial charge in [-0.1, -0.05) is 19.3 Å². The topological polar surface area (TPSA) is 38.5 Å². The Kier molecular flexibility index (Phi) is 4.45. The van der Waals surface area contributed by atoms with Crippen LogP contribution in [-0.4, -0.2) is 43.3 Å². The number of rotatable bonds is 6. The lowest BCUT2D eigenvalue weighted by molar-refractivity contribution is 0.0277. The lowest BCUT2D eigenvalue weighted by Crippen LogP contribution is -2.53. The minimum atomic E-state index is 0.164. The van der Waals surface area contributed by atoms with Gasteiger partial charge in [-0.2, -0.15) is 0 Å². The third kappa shape index (κ3) is 3.21. The second-order valence-electron chi connectivity index (χ2n) is 6.22. The fourth-order valence-electron chi connectivity index (χ4n) is 3.03. The zero-order valence-electron chi connectivity index (χ0n) is 11.5. The van der Waals surface area contributed by atoms with E-state index in [2.05, 4.69) is 18.9 Å². The number of hydrogen-bond donors (Lipinski definition) is 1. The van der Waals surface area contributed by atoms with Gasteiger partial charge in [-0.15, -0.1) is 0 Å². The molecule has 2 rings (SSSR count). The summed E-state index contributed by atoms with van der Waals surface area (Å²) in [5, 5.41) is 0. The van der Waals surface area contributed by atoms with Crippen LogP contribution in [0, 0.1) is 5.92 Å². The highest BCUT2D eigenvalue weighted by molar-refractivity contribution is 4.91. The Hall–Kier alpha value is -0.120. The van der Waals surface area contributed by atoms with Gasteiger partial charge in [-0.25, -0.2) is 0 Å². The molecular formula is C14H28N2O. The molecule has 17 heavy (non-hydrogen) atoms. The smallest absolute Gasteiger partial charge is 0.0702 e. The normalized spacial score (nSPS) is 29.3. The van der Waals surface area contributed by atoms with E-state index in [4.69, 9.17) is 10.5 Å². The van der Waals surface area contributed by atoms with Gasteiger partial charge in [0.2, 0.25) is 0 Å². The van der Waals surface area contributed by atoms with Gasteiger partial charge in [0.15, 0.2) is 0 Å². The zero-order chi connectivity index (χ0) is 12.3. The average Bonchev–Trinajstić information content (AvgIpc) is 2.76. The van der Waals surface area contributed by atoms with E-state index >= 15 is 0 Å². The SMILES string of the molecule is CN(CC1CCCO1)C(C)(CN)CC1CCC1. The first-order chi connectivity index (χ1) is 8.14. The molecule has 100 valence electrons. The van der Waals surface area contributed by atoms with Crippen LogP contribution < -0.4 is 5.73 Å². The molecule has 1 saturated heterocycles. The highest BCUT2D eigenvalue weighted by Gasteiger charge is 2.34. The molecule has 0 aromatic carbocycles. The maximum absolute atomic E-state index is 6.03. The first kappa shape index (κ1) is 13.3. The quantitative estimate of drug-likeness (QED) is 0.772. The van der Waals surface area contributed by atoms with Crippen molar-refractivity contribution >= 4 is 0 Å². The van der Waals surface area contributed by atoms with Crippen molar-refractivity contribution in [3.63, 3.8) is 0 Å². The molecule has 0 spiro atoms. The molecule has 2 fully saturated rings. The molecule has 1 heterocycles. The van der Waals surface area contributed by atoms with Crippen molar-refractivity contribution in [3.8, 4) is 0 Å². The van der Waals surface area contributed by atoms with Crippen LogP contribution in [0.2, 0.25) is 0 Å². The van der Waals surface area contributed by atoms with Crippen molar-refractivity contribution in [2.45, 2.75) is 57.1 Å². The molecule has 0 amide bonds. The van der Waals surface area contributed by atoms with E-state index in [0.717, 1.165) is 25.6 Å². The van der Waals surface area contributed by atoms with Crippen LogP contribution in [0.25, 0.3) is 0 Å². The predicted molar refractivity (Wildman–Crippen MR) is 71.0 cm³/mol. The fourth-order valence-corrected chi connectivity index (χ4v) is 3.03. The lowest BCUT2D eigenvalue weighted by Gasteiger charge is -2.43. The van der Waals surface area contributed by atoms with Crippen LogP contribution in [0.15, 0.2) is 0 Å². The monoisotopic (exact) mass is 240 g/mol. The number of hydrogen-bond acceptors (Lipinski definition) is 3. The summed E-state index contributed by atoms with van der Waals surface area (Å²) in [7, 11) is 2.22. The summed E-state index contributed by atoms with van der Waals surface area (Å²) < 4.78 is 5.73. The van der Waals surface area contributed by atoms with E-state index in [1.807, 2.05) is 0 Å².